The van der Waals surface area contributed by atoms with Gasteiger partial charge in [-0.3, -0.25) is 0 Å². The summed E-state index contributed by atoms with van der Waals surface area (Å²) in [4.78, 5) is 0. The van der Waals surface area contributed by atoms with Crippen LogP contribution >= 0.6 is 0 Å². The minimum absolute atomic E-state index is 0.0874. The highest BCUT2D eigenvalue weighted by atomic mass is 16.5. The summed E-state index contributed by atoms with van der Waals surface area (Å²) in [5, 5.41) is 61.3. The lowest BCUT2D eigenvalue weighted by Crippen LogP contribution is -2.13. The van der Waals surface area contributed by atoms with Crippen molar-refractivity contribution in [3.05, 3.63) is 58.7 Å². The van der Waals surface area contributed by atoms with Crippen LogP contribution < -0.4 is 9.47 Å². The van der Waals surface area contributed by atoms with Crippen molar-refractivity contribution in [1.29, 1.82) is 0 Å². The molecule has 1 aliphatic heterocycles. The van der Waals surface area contributed by atoms with E-state index in [4.69, 9.17) is 14.2 Å². The van der Waals surface area contributed by atoms with Crippen LogP contribution in [0.3, 0.4) is 0 Å². The van der Waals surface area contributed by atoms with Gasteiger partial charge in [0.05, 0.1) is 26.9 Å². The largest absolute Gasteiger partial charge is 0.508 e. The van der Waals surface area contributed by atoms with E-state index in [-0.39, 0.29) is 47.2 Å². The third kappa shape index (κ3) is 3.12. The van der Waals surface area contributed by atoms with E-state index in [1.807, 2.05) is 0 Å². The van der Waals surface area contributed by atoms with Crippen molar-refractivity contribution in [2.75, 3.05) is 20.8 Å². The summed E-state index contributed by atoms with van der Waals surface area (Å²) in [6, 6.07) is 8.84. The van der Waals surface area contributed by atoms with E-state index in [1.165, 1.54) is 32.4 Å². The molecule has 3 aromatic rings. The van der Waals surface area contributed by atoms with Crippen LogP contribution in [0.4, 0.5) is 0 Å². The highest BCUT2D eigenvalue weighted by Gasteiger charge is 2.52. The monoisotopic (exact) mass is 468 g/mol. The molecule has 0 spiro atoms. The van der Waals surface area contributed by atoms with Gasteiger partial charge in [-0.15, -0.1) is 0 Å². The molecule has 9 heteroatoms. The first-order valence-electron chi connectivity index (χ1n) is 10.6. The van der Waals surface area contributed by atoms with Crippen molar-refractivity contribution in [3.63, 3.8) is 0 Å². The second-order valence-corrected chi connectivity index (χ2v) is 8.57. The molecule has 34 heavy (non-hydrogen) atoms. The molecular weight excluding hydrogens is 444 g/mol. The molecular formula is C25H24O9. The quantitative estimate of drug-likeness (QED) is 0.316. The van der Waals surface area contributed by atoms with Gasteiger partial charge in [0.2, 0.25) is 5.75 Å². The summed E-state index contributed by atoms with van der Waals surface area (Å²) in [5.41, 5.74) is 2.41. The standard InChI is InChI=1S/C25H24O9/c1-32-18-5-10(6-19(33-2)24(18)31)20-14-9-34-25(11-3-16(28)23(30)17(29)4-11)21(14)13-7-12(26)8-15(27)22(13)20/h3-8,14,20-21,25-31H,9H2,1-2H3. The second kappa shape index (κ2) is 7.81. The molecule has 0 aromatic heterocycles. The second-order valence-electron chi connectivity index (χ2n) is 8.57. The molecule has 1 aliphatic carbocycles. The fourth-order valence-corrected chi connectivity index (χ4v) is 5.42. The van der Waals surface area contributed by atoms with Crippen molar-refractivity contribution in [2.24, 2.45) is 5.92 Å². The number of methoxy groups -OCH3 is 2. The molecule has 5 rings (SSSR count). The first kappa shape index (κ1) is 21.8. The molecule has 1 heterocycles. The van der Waals surface area contributed by atoms with Crippen LogP contribution in [0, 0.1) is 5.92 Å². The van der Waals surface area contributed by atoms with Crippen LogP contribution in [-0.2, 0) is 4.74 Å². The number of aromatic hydroxyl groups is 6. The molecule has 0 amide bonds. The summed E-state index contributed by atoms with van der Waals surface area (Å²) >= 11 is 0. The summed E-state index contributed by atoms with van der Waals surface area (Å²) in [5.74, 6) is -2.47. The van der Waals surface area contributed by atoms with Crippen molar-refractivity contribution < 1.29 is 44.8 Å². The van der Waals surface area contributed by atoms with Crippen LogP contribution in [0.15, 0.2) is 36.4 Å². The van der Waals surface area contributed by atoms with Crippen LogP contribution in [0.25, 0.3) is 0 Å². The molecule has 6 N–H and O–H groups in total. The van der Waals surface area contributed by atoms with Gasteiger partial charge in [0, 0.05) is 29.4 Å². The molecule has 1 saturated heterocycles. The Bertz CT molecular complexity index is 1240. The lowest BCUT2D eigenvalue weighted by atomic mass is 9.81. The van der Waals surface area contributed by atoms with Gasteiger partial charge in [-0.05, 0) is 47.0 Å². The maximum Gasteiger partial charge on any atom is 0.200 e. The number of ether oxygens (including phenoxy) is 3. The average molecular weight is 468 g/mol. The minimum atomic E-state index is -0.631. The van der Waals surface area contributed by atoms with Gasteiger partial charge in [-0.25, -0.2) is 0 Å². The zero-order chi connectivity index (χ0) is 24.3. The molecule has 2 aliphatic rings. The Morgan fingerprint density at radius 1 is 0.735 bits per heavy atom. The van der Waals surface area contributed by atoms with E-state index in [1.54, 1.807) is 18.2 Å². The molecule has 0 radical (unpaired) electrons. The molecule has 4 atom stereocenters. The third-order valence-corrected chi connectivity index (χ3v) is 6.81. The van der Waals surface area contributed by atoms with E-state index in [9.17, 15) is 30.6 Å². The first-order valence-corrected chi connectivity index (χ1v) is 10.6. The molecule has 0 bridgehead atoms. The molecule has 178 valence electrons. The Balaban J connectivity index is 1.69. The highest BCUT2D eigenvalue weighted by Crippen LogP contribution is 2.62. The number of phenols is 6. The van der Waals surface area contributed by atoms with Crippen molar-refractivity contribution in [3.8, 4) is 46.0 Å². The van der Waals surface area contributed by atoms with Crippen LogP contribution in [0.5, 0.6) is 46.0 Å². The van der Waals surface area contributed by atoms with E-state index in [2.05, 4.69) is 0 Å². The fraction of sp³-hybridized carbons (Fsp3) is 0.280. The van der Waals surface area contributed by atoms with Crippen molar-refractivity contribution >= 4 is 0 Å². The smallest absolute Gasteiger partial charge is 0.200 e. The van der Waals surface area contributed by atoms with E-state index < -0.39 is 29.3 Å². The van der Waals surface area contributed by atoms with E-state index >= 15 is 0 Å². The SMILES string of the molecule is COc1cc(C2c3c(O)cc(O)cc3C3C(c4cc(O)c(O)c(O)c4)OCC23)cc(OC)c1O. The lowest BCUT2D eigenvalue weighted by molar-refractivity contribution is 0.0986. The van der Waals surface area contributed by atoms with Crippen molar-refractivity contribution in [2.45, 2.75) is 17.9 Å². The number of fused-ring (bicyclic) bond motifs is 3. The molecule has 0 saturated carbocycles. The summed E-state index contributed by atoms with van der Waals surface area (Å²) in [6.07, 6.45) is -0.631. The Kier molecular flexibility index (Phi) is 5.02. The number of rotatable bonds is 4. The fourth-order valence-electron chi connectivity index (χ4n) is 5.42. The molecule has 9 nitrogen and oxygen atoms in total. The van der Waals surface area contributed by atoms with Crippen molar-refractivity contribution in [1.82, 2.24) is 0 Å². The van der Waals surface area contributed by atoms with E-state index in [0.29, 0.717) is 22.3 Å². The Hall–Kier alpha value is -3.98. The van der Waals surface area contributed by atoms with Gasteiger partial charge in [0.1, 0.15) is 11.5 Å². The predicted molar refractivity (Wildman–Crippen MR) is 119 cm³/mol. The zero-order valence-electron chi connectivity index (χ0n) is 18.4. The van der Waals surface area contributed by atoms with Gasteiger partial charge in [0.15, 0.2) is 28.7 Å². The Labute approximate surface area is 194 Å². The number of phenolic OH excluding ortho intramolecular Hbond substituents is 6. The molecule has 3 aromatic carbocycles. The third-order valence-electron chi connectivity index (χ3n) is 6.81. The molecule has 1 fully saturated rings. The molecule has 4 unspecified atom stereocenters. The lowest BCUT2D eigenvalue weighted by Gasteiger charge is -2.22. The normalized spacial score (nSPS) is 22.9. The number of hydrogen-bond acceptors (Lipinski definition) is 9. The highest BCUT2D eigenvalue weighted by molar-refractivity contribution is 5.62. The van der Waals surface area contributed by atoms with Crippen LogP contribution in [0.1, 0.15) is 40.2 Å². The van der Waals surface area contributed by atoms with Crippen LogP contribution in [0.2, 0.25) is 0 Å². The van der Waals surface area contributed by atoms with E-state index in [0.717, 1.165) is 0 Å². The topological polar surface area (TPSA) is 149 Å². The zero-order valence-corrected chi connectivity index (χ0v) is 18.4. The van der Waals surface area contributed by atoms with Gasteiger partial charge in [-0.2, -0.15) is 0 Å². The van der Waals surface area contributed by atoms with Gasteiger partial charge in [0.25, 0.3) is 0 Å². The summed E-state index contributed by atoms with van der Waals surface area (Å²) in [6.45, 7) is 0.267. The minimum Gasteiger partial charge on any atom is -0.508 e. The summed E-state index contributed by atoms with van der Waals surface area (Å²) < 4.78 is 16.7. The van der Waals surface area contributed by atoms with Gasteiger partial charge < -0.3 is 44.8 Å². The maximum atomic E-state index is 10.9. The van der Waals surface area contributed by atoms with Crippen LogP contribution in [-0.4, -0.2) is 51.5 Å². The average Bonchev–Trinajstić information content (AvgIpc) is 3.36. The Morgan fingerprint density at radius 3 is 1.94 bits per heavy atom. The summed E-state index contributed by atoms with van der Waals surface area (Å²) in [7, 11) is 2.86. The number of hydrogen-bond donors (Lipinski definition) is 6. The number of benzene rings is 3. The maximum absolute atomic E-state index is 10.9. The predicted octanol–water partition coefficient (Wildman–Crippen LogP) is 3.55. The Morgan fingerprint density at radius 2 is 1.35 bits per heavy atom. The van der Waals surface area contributed by atoms with Gasteiger partial charge in [-0.1, -0.05) is 0 Å². The first-order chi connectivity index (χ1) is 16.2. The van der Waals surface area contributed by atoms with Gasteiger partial charge >= 0.3 is 0 Å².